The number of nitro benzene ring substituents is 1. The average Bonchev–Trinajstić information content (AvgIpc) is 3.32. The predicted molar refractivity (Wildman–Crippen MR) is 173 cm³/mol. The summed E-state index contributed by atoms with van der Waals surface area (Å²) >= 11 is 0. The van der Waals surface area contributed by atoms with E-state index in [0.717, 1.165) is 28.8 Å². The van der Waals surface area contributed by atoms with Crippen LogP contribution in [0.15, 0.2) is 113 Å². The highest BCUT2D eigenvalue weighted by Gasteiger charge is 2.21. The number of nitrogens with zero attached hydrogens (tertiary/aromatic N) is 5. The Kier molecular flexibility index (Phi) is 9.39. The third-order valence-corrected chi connectivity index (χ3v) is 7.79. The van der Waals surface area contributed by atoms with Gasteiger partial charge in [0.15, 0.2) is 0 Å². The fourth-order valence-corrected chi connectivity index (χ4v) is 5.14. The van der Waals surface area contributed by atoms with E-state index in [2.05, 4.69) is 15.3 Å². The Morgan fingerprint density at radius 1 is 0.979 bits per heavy atom. The standard InChI is InChI=1S/C25H19FN6O4.C7H8O3S/c1-36-22-13-17(26)21(32(34)35)14-18(22)28-24-27-12-11-23(29-24)31-20-10-6-5-9-19(20)30(25(31)33)15-16-7-3-2-4-8-16;1-6-2-4-7(5-3-6)11(8,9)10/h2-14H,15H2,1H3,(H,27,28,29);2-5H,1H3,(H,8,9,10). The van der Waals surface area contributed by atoms with Gasteiger partial charge < -0.3 is 10.1 Å². The third kappa shape index (κ3) is 7.32. The van der Waals surface area contributed by atoms with Crippen molar-refractivity contribution in [2.24, 2.45) is 0 Å². The van der Waals surface area contributed by atoms with E-state index in [4.69, 9.17) is 9.29 Å². The number of methoxy groups -OCH3 is 1. The van der Waals surface area contributed by atoms with Gasteiger partial charge >= 0.3 is 11.4 Å². The number of rotatable bonds is 8. The van der Waals surface area contributed by atoms with E-state index in [9.17, 15) is 27.7 Å². The Bertz CT molecular complexity index is 2240. The van der Waals surface area contributed by atoms with E-state index >= 15 is 0 Å². The molecule has 0 aliphatic rings. The van der Waals surface area contributed by atoms with E-state index in [-0.39, 0.29) is 33.8 Å². The monoisotopic (exact) mass is 658 g/mol. The number of fused-ring (bicyclic) bond motifs is 1. The molecule has 0 atom stereocenters. The number of aryl methyl sites for hydroxylation is 1. The Labute approximate surface area is 267 Å². The molecule has 0 saturated heterocycles. The Morgan fingerprint density at radius 2 is 1.64 bits per heavy atom. The van der Waals surface area contributed by atoms with Crippen molar-refractivity contribution in [1.29, 1.82) is 0 Å². The van der Waals surface area contributed by atoms with Crippen LogP contribution >= 0.6 is 0 Å². The molecular formula is C32H27FN6O7S. The number of halogens is 1. The zero-order chi connectivity index (χ0) is 33.7. The molecular weight excluding hydrogens is 631 g/mol. The molecule has 2 aromatic heterocycles. The summed E-state index contributed by atoms with van der Waals surface area (Å²) in [6.45, 7) is 2.22. The summed E-state index contributed by atoms with van der Waals surface area (Å²) in [6.07, 6.45) is 1.45. The van der Waals surface area contributed by atoms with Crippen LogP contribution in [0.5, 0.6) is 5.75 Å². The van der Waals surface area contributed by atoms with Gasteiger partial charge in [0.2, 0.25) is 11.8 Å². The lowest BCUT2D eigenvalue weighted by Crippen LogP contribution is -2.24. The van der Waals surface area contributed by atoms with Gasteiger partial charge in [-0.05, 0) is 36.8 Å². The Balaban J connectivity index is 0.000000335. The molecule has 0 unspecified atom stereocenters. The van der Waals surface area contributed by atoms with E-state index in [1.165, 1.54) is 30.0 Å². The molecule has 0 aliphatic heterocycles. The molecule has 4 aromatic carbocycles. The van der Waals surface area contributed by atoms with Gasteiger partial charge in [0.25, 0.3) is 10.1 Å². The summed E-state index contributed by atoms with van der Waals surface area (Å²) in [5.74, 6) is -0.673. The first kappa shape index (κ1) is 32.5. The lowest BCUT2D eigenvalue weighted by molar-refractivity contribution is -0.387. The summed E-state index contributed by atoms with van der Waals surface area (Å²) in [7, 11) is -2.71. The molecule has 2 N–H and O–H groups in total. The van der Waals surface area contributed by atoms with Crippen LogP contribution < -0.4 is 15.7 Å². The number of anilines is 2. The van der Waals surface area contributed by atoms with Gasteiger partial charge in [0.1, 0.15) is 11.6 Å². The Morgan fingerprint density at radius 3 is 2.28 bits per heavy atom. The van der Waals surface area contributed by atoms with Crippen LogP contribution in [0.4, 0.5) is 21.7 Å². The minimum atomic E-state index is -4.02. The van der Waals surface area contributed by atoms with Crippen LogP contribution in [0.25, 0.3) is 16.9 Å². The van der Waals surface area contributed by atoms with Gasteiger partial charge in [-0.2, -0.15) is 17.8 Å². The second kappa shape index (κ2) is 13.6. The zero-order valence-electron chi connectivity index (χ0n) is 24.9. The van der Waals surface area contributed by atoms with Crippen molar-refractivity contribution in [3.05, 3.63) is 141 Å². The van der Waals surface area contributed by atoms with Gasteiger partial charge in [-0.3, -0.25) is 19.2 Å². The Hall–Kier alpha value is -5.93. The minimum Gasteiger partial charge on any atom is -0.494 e. The summed E-state index contributed by atoms with van der Waals surface area (Å²) in [5.41, 5.74) is 2.39. The highest BCUT2D eigenvalue weighted by molar-refractivity contribution is 7.85. The molecule has 47 heavy (non-hydrogen) atoms. The number of hydrogen-bond donors (Lipinski definition) is 2. The van der Waals surface area contributed by atoms with Crippen molar-refractivity contribution in [3.8, 4) is 11.6 Å². The first-order chi connectivity index (χ1) is 22.5. The predicted octanol–water partition coefficient (Wildman–Crippen LogP) is 5.67. The van der Waals surface area contributed by atoms with E-state index in [0.29, 0.717) is 12.1 Å². The molecule has 0 fully saturated rings. The molecule has 0 aliphatic carbocycles. The van der Waals surface area contributed by atoms with Gasteiger partial charge in [-0.15, -0.1) is 0 Å². The van der Waals surface area contributed by atoms with Crippen LogP contribution in [0.2, 0.25) is 0 Å². The maximum absolute atomic E-state index is 14.0. The lowest BCUT2D eigenvalue weighted by atomic mass is 10.2. The van der Waals surface area contributed by atoms with E-state index in [1.54, 1.807) is 22.8 Å². The fourth-order valence-electron chi connectivity index (χ4n) is 4.66. The van der Waals surface area contributed by atoms with Crippen molar-refractivity contribution in [1.82, 2.24) is 19.1 Å². The second-order valence-corrected chi connectivity index (χ2v) is 11.5. The molecule has 0 bridgehead atoms. The minimum absolute atomic E-state index is 0.0312. The fraction of sp³-hybridized carbons (Fsp3) is 0.0938. The van der Waals surface area contributed by atoms with Crippen LogP contribution in [0, 0.1) is 22.9 Å². The molecule has 6 rings (SSSR count). The van der Waals surface area contributed by atoms with E-state index in [1.807, 2.05) is 61.5 Å². The molecule has 0 radical (unpaired) electrons. The molecule has 0 spiro atoms. The van der Waals surface area contributed by atoms with Gasteiger partial charge in [-0.1, -0.05) is 60.2 Å². The van der Waals surface area contributed by atoms with Crippen LogP contribution in [-0.2, 0) is 16.7 Å². The normalized spacial score (nSPS) is 11.1. The number of hydrogen-bond acceptors (Lipinski definition) is 9. The number of ether oxygens (including phenoxy) is 1. The summed E-state index contributed by atoms with van der Waals surface area (Å²) in [6, 6.07) is 26.5. The molecule has 0 amide bonds. The van der Waals surface area contributed by atoms with Crippen LogP contribution in [0.3, 0.4) is 0 Å². The number of para-hydroxylation sites is 2. The zero-order valence-corrected chi connectivity index (χ0v) is 25.8. The van der Waals surface area contributed by atoms with Crippen LogP contribution in [0.1, 0.15) is 11.1 Å². The highest BCUT2D eigenvalue weighted by atomic mass is 32.2. The second-order valence-electron chi connectivity index (χ2n) is 10.1. The number of nitro groups is 1. The SMILES string of the molecule is COc1cc(F)c([N+](=O)[O-])cc1Nc1nccc(-n2c(=O)n(Cc3ccccc3)c3ccccc32)n1.Cc1ccc(S(=O)(=O)O)cc1. The highest BCUT2D eigenvalue weighted by Crippen LogP contribution is 2.33. The third-order valence-electron chi connectivity index (χ3n) is 6.92. The first-order valence-corrected chi connectivity index (χ1v) is 15.3. The number of benzene rings is 4. The lowest BCUT2D eigenvalue weighted by Gasteiger charge is -2.11. The largest absolute Gasteiger partial charge is 0.494 e. The topological polar surface area (TPSA) is 171 Å². The van der Waals surface area contributed by atoms with Gasteiger partial charge in [0, 0.05) is 24.4 Å². The average molecular weight is 659 g/mol. The summed E-state index contributed by atoms with van der Waals surface area (Å²) < 4.78 is 51.8. The molecule has 13 nitrogen and oxygen atoms in total. The summed E-state index contributed by atoms with van der Waals surface area (Å²) in [5, 5.41) is 14.0. The molecule has 240 valence electrons. The smallest absolute Gasteiger partial charge is 0.335 e. The van der Waals surface area contributed by atoms with Crippen molar-refractivity contribution in [2.75, 3.05) is 12.4 Å². The van der Waals surface area contributed by atoms with Crippen molar-refractivity contribution in [2.45, 2.75) is 18.4 Å². The maximum atomic E-state index is 14.0. The van der Waals surface area contributed by atoms with Crippen molar-refractivity contribution < 1.29 is 27.0 Å². The quantitative estimate of drug-likeness (QED) is 0.118. The van der Waals surface area contributed by atoms with E-state index < -0.39 is 26.5 Å². The molecule has 6 aromatic rings. The molecule has 0 saturated carbocycles. The molecule has 2 heterocycles. The van der Waals surface area contributed by atoms with Gasteiger partial charge in [0.05, 0.1) is 40.2 Å². The number of imidazole rings is 1. The van der Waals surface area contributed by atoms with Crippen LogP contribution in [-0.4, -0.2) is 44.1 Å². The number of aromatic nitrogens is 4. The van der Waals surface area contributed by atoms with Crippen molar-refractivity contribution >= 4 is 38.5 Å². The maximum Gasteiger partial charge on any atom is 0.335 e. The summed E-state index contributed by atoms with van der Waals surface area (Å²) in [4.78, 5) is 32.4. The molecule has 15 heteroatoms. The van der Waals surface area contributed by atoms with Crippen molar-refractivity contribution in [3.63, 3.8) is 0 Å². The number of nitrogens with one attached hydrogen (secondary N) is 1. The van der Waals surface area contributed by atoms with Gasteiger partial charge in [-0.25, -0.2) is 14.3 Å². The first-order valence-electron chi connectivity index (χ1n) is 13.9.